The molecular weight excluding hydrogens is 266 g/mol. The molecule has 0 radical (unpaired) electrons. The fraction of sp³-hybridized carbons (Fsp3) is 0.294. The number of aliphatic hydroxyl groups excluding tert-OH is 1. The van der Waals surface area contributed by atoms with Crippen molar-refractivity contribution in [1.29, 1.82) is 0 Å². The van der Waals surface area contributed by atoms with Crippen LogP contribution in [0.4, 0.5) is 0 Å². The molecule has 1 saturated heterocycles. The Balaban J connectivity index is 1.57. The highest BCUT2D eigenvalue weighted by atomic mass is 16.3. The number of rotatable bonds is 3. The molecule has 4 heteroatoms. The standard InChI is InChI=1S/C17H15NO3/c19-15(9-18-16(20)13-8-14(13)17(18)21)12-6-5-10-3-1-2-4-11(10)7-12/h1-7,13-15,19H,8-9H2. The molecule has 1 N–H and O–H groups in total. The zero-order valence-corrected chi connectivity index (χ0v) is 11.4. The second kappa shape index (κ2) is 4.40. The van der Waals surface area contributed by atoms with E-state index < -0.39 is 6.10 Å². The minimum Gasteiger partial charge on any atom is -0.387 e. The number of aliphatic hydroxyl groups is 1. The molecule has 0 spiro atoms. The highest BCUT2D eigenvalue weighted by Gasteiger charge is 2.58. The Labute approximate surface area is 122 Å². The SMILES string of the molecule is O=C1C2CC2C(=O)N1CC(O)c1ccc2ccccc2c1. The lowest BCUT2D eigenvalue weighted by atomic mass is 10.0. The van der Waals surface area contributed by atoms with Gasteiger partial charge >= 0.3 is 0 Å². The van der Waals surface area contributed by atoms with Crippen molar-refractivity contribution in [2.45, 2.75) is 12.5 Å². The summed E-state index contributed by atoms with van der Waals surface area (Å²) >= 11 is 0. The van der Waals surface area contributed by atoms with Gasteiger partial charge in [0.25, 0.3) is 0 Å². The minimum atomic E-state index is -0.833. The maximum Gasteiger partial charge on any atom is 0.233 e. The maximum atomic E-state index is 11.9. The van der Waals surface area contributed by atoms with Gasteiger partial charge in [-0.15, -0.1) is 0 Å². The first-order chi connectivity index (χ1) is 10.1. The molecule has 0 aromatic heterocycles. The summed E-state index contributed by atoms with van der Waals surface area (Å²) in [5.74, 6) is -0.461. The van der Waals surface area contributed by atoms with Crippen molar-refractivity contribution >= 4 is 22.6 Å². The van der Waals surface area contributed by atoms with Gasteiger partial charge in [-0.25, -0.2) is 0 Å². The molecular formula is C17H15NO3. The van der Waals surface area contributed by atoms with Crippen LogP contribution in [0.3, 0.4) is 0 Å². The van der Waals surface area contributed by atoms with Crippen molar-refractivity contribution in [2.24, 2.45) is 11.8 Å². The summed E-state index contributed by atoms with van der Waals surface area (Å²) in [4.78, 5) is 25.1. The van der Waals surface area contributed by atoms with E-state index in [9.17, 15) is 14.7 Å². The molecule has 2 aromatic rings. The average molecular weight is 281 g/mol. The first-order valence-corrected chi connectivity index (χ1v) is 7.17. The van der Waals surface area contributed by atoms with E-state index in [0.29, 0.717) is 6.42 Å². The molecule has 1 saturated carbocycles. The van der Waals surface area contributed by atoms with Gasteiger partial charge in [0.1, 0.15) is 0 Å². The van der Waals surface area contributed by atoms with Crippen molar-refractivity contribution in [2.75, 3.05) is 6.54 Å². The van der Waals surface area contributed by atoms with Crippen LogP contribution >= 0.6 is 0 Å². The monoisotopic (exact) mass is 281 g/mol. The number of carbonyl (C=O) groups is 2. The van der Waals surface area contributed by atoms with Gasteiger partial charge in [-0.1, -0.05) is 36.4 Å². The van der Waals surface area contributed by atoms with Crippen LogP contribution < -0.4 is 0 Å². The smallest absolute Gasteiger partial charge is 0.233 e. The van der Waals surface area contributed by atoms with Crippen LogP contribution in [0.1, 0.15) is 18.1 Å². The summed E-state index contributed by atoms with van der Waals surface area (Å²) in [6, 6.07) is 13.6. The van der Waals surface area contributed by atoms with Crippen molar-refractivity contribution < 1.29 is 14.7 Å². The maximum absolute atomic E-state index is 11.9. The Morgan fingerprint density at radius 2 is 1.71 bits per heavy atom. The van der Waals surface area contributed by atoms with Crippen molar-refractivity contribution in [3.8, 4) is 0 Å². The lowest BCUT2D eigenvalue weighted by molar-refractivity contribution is -0.143. The van der Waals surface area contributed by atoms with Crippen LogP contribution in [0.15, 0.2) is 42.5 Å². The summed E-state index contributed by atoms with van der Waals surface area (Å²) in [5, 5.41) is 12.5. The Bertz CT molecular complexity index is 735. The summed E-state index contributed by atoms with van der Waals surface area (Å²) in [5.41, 5.74) is 0.731. The highest BCUT2D eigenvalue weighted by Crippen LogP contribution is 2.47. The molecule has 4 rings (SSSR count). The number of hydrogen-bond acceptors (Lipinski definition) is 3. The second-order valence-electron chi connectivity index (χ2n) is 5.86. The summed E-state index contributed by atoms with van der Waals surface area (Å²) in [7, 11) is 0. The molecule has 2 amide bonds. The molecule has 2 aliphatic rings. The Morgan fingerprint density at radius 1 is 1.05 bits per heavy atom. The predicted molar refractivity (Wildman–Crippen MR) is 77.2 cm³/mol. The fourth-order valence-corrected chi connectivity index (χ4v) is 3.12. The molecule has 0 bridgehead atoms. The van der Waals surface area contributed by atoms with Gasteiger partial charge in [0.05, 0.1) is 24.5 Å². The van der Waals surface area contributed by atoms with E-state index >= 15 is 0 Å². The number of benzene rings is 2. The molecule has 21 heavy (non-hydrogen) atoms. The Hall–Kier alpha value is -2.20. The topological polar surface area (TPSA) is 57.6 Å². The van der Waals surface area contributed by atoms with Crippen LogP contribution in [-0.4, -0.2) is 28.4 Å². The second-order valence-corrected chi connectivity index (χ2v) is 5.86. The predicted octanol–water partition coefficient (Wildman–Crippen LogP) is 1.88. The fourth-order valence-electron chi connectivity index (χ4n) is 3.12. The zero-order valence-electron chi connectivity index (χ0n) is 11.4. The van der Waals surface area contributed by atoms with Gasteiger partial charge in [0.2, 0.25) is 11.8 Å². The van der Waals surface area contributed by atoms with E-state index in [1.807, 2.05) is 42.5 Å². The van der Waals surface area contributed by atoms with Gasteiger partial charge in [0.15, 0.2) is 0 Å². The van der Waals surface area contributed by atoms with Crippen LogP contribution in [0.2, 0.25) is 0 Å². The van der Waals surface area contributed by atoms with Gasteiger partial charge in [-0.3, -0.25) is 14.5 Å². The molecule has 1 heterocycles. The average Bonchev–Trinajstić information content (AvgIpc) is 3.27. The molecule has 2 fully saturated rings. The largest absolute Gasteiger partial charge is 0.387 e. The van der Waals surface area contributed by atoms with Crippen LogP contribution in [0, 0.1) is 11.8 Å². The molecule has 2 aromatic carbocycles. The molecule has 3 unspecified atom stereocenters. The number of β-amino-alcohol motifs (C(OH)–C–C–N with tert-alkyl or cyclic N) is 1. The summed E-state index contributed by atoms with van der Waals surface area (Å²) in [6.45, 7) is 0.0585. The van der Waals surface area contributed by atoms with E-state index in [1.165, 1.54) is 4.90 Å². The van der Waals surface area contributed by atoms with Gasteiger partial charge < -0.3 is 5.11 Å². The summed E-state index contributed by atoms with van der Waals surface area (Å²) < 4.78 is 0. The van der Waals surface area contributed by atoms with Crippen molar-refractivity contribution in [3.05, 3.63) is 48.0 Å². The number of fused-ring (bicyclic) bond motifs is 2. The first kappa shape index (κ1) is 12.5. The third-order valence-electron chi connectivity index (χ3n) is 4.47. The quantitative estimate of drug-likeness (QED) is 0.874. The molecule has 4 nitrogen and oxygen atoms in total. The third-order valence-corrected chi connectivity index (χ3v) is 4.47. The van der Waals surface area contributed by atoms with E-state index in [-0.39, 0.29) is 30.2 Å². The first-order valence-electron chi connectivity index (χ1n) is 7.17. The number of nitrogens with zero attached hydrogens (tertiary/aromatic N) is 1. The van der Waals surface area contributed by atoms with E-state index in [0.717, 1.165) is 16.3 Å². The lowest BCUT2D eigenvalue weighted by Gasteiger charge is -2.20. The van der Waals surface area contributed by atoms with Crippen molar-refractivity contribution in [1.82, 2.24) is 4.90 Å². The molecule has 106 valence electrons. The number of hydrogen-bond donors (Lipinski definition) is 1. The number of piperidine rings is 1. The molecule has 1 aliphatic heterocycles. The minimum absolute atomic E-state index is 0.0585. The van der Waals surface area contributed by atoms with Crippen LogP contribution in [-0.2, 0) is 9.59 Å². The zero-order chi connectivity index (χ0) is 14.6. The normalized spacial score (nSPS) is 25.3. The Morgan fingerprint density at radius 3 is 2.43 bits per heavy atom. The number of likely N-dealkylation sites (tertiary alicyclic amines) is 1. The van der Waals surface area contributed by atoms with Gasteiger partial charge in [0, 0.05) is 0 Å². The summed E-state index contributed by atoms with van der Waals surface area (Å²) in [6.07, 6.45) is -0.139. The van der Waals surface area contributed by atoms with Gasteiger partial charge in [-0.2, -0.15) is 0 Å². The van der Waals surface area contributed by atoms with E-state index in [4.69, 9.17) is 0 Å². The number of carbonyl (C=O) groups excluding carboxylic acids is 2. The number of imide groups is 1. The lowest BCUT2D eigenvalue weighted by Crippen LogP contribution is -2.36. The van der Waals surface area contributed by atoms with Crippen molar-refractivity contribution in [3.63, 3.8) is 0 Å². The van der Waals surface area contributed by atoms with Crippen LogP contribution in [0.25, 0.3) is 10.8 Å². The van der Waals surface area contributed by atoms with Gasteiger partial charge in [-0.05, 0) is 28.8 Å². The van der Waals surface area contributed by atoms with E-state index in [2.05, 4.69) is 0 Å². The highest BCUT2D eigenvalue weighted by molar-refractivity contribution is 6.08. The molecule has 1 aliphatic carbocycles. The van der Waals surface area contributed by atoms with Crippen LogP contribution in [0.5, 0.6) is 0 Å². The number of amides is 2. The molecule has 3 atom stereocenters. The Kier molecular flexibility index (Phi) is 2.62. The third kappa shape index (κ3) is 1.94. The van der Waals surface area contributed by atoms with E-state index in [1.54, 1.807) is 0 Å².